The number of methoxy groups -OCH3 is 1. The SMILES string of the molecule is COc1cc([C@H](N)CC(F)(F)F)ccc1C. The minimum atomic E-state index is -4.25. The van der Waals surface area contributed by atoms with Crippen LogP contribution in [0.4, 0.5) is 13.2 Å². The molecule has 1 rings (SSSR count). The fourth-order valence-electron chi connectivity index (χ4n) is 1.43. The van der Waals surface area contributed by atoms with Crippen LogP contribution in [0.3, 0.4) is 0 Å². The van der Waals surface area contributed by atoms with E-state index in [0.717, 1.165) is 5.56 Å². The number of nitrogens with two attached hydrogens (primary N) is 1. The van der Waals surface area contributed by atoms with E-state index in [2.05, 4.69) is 0 Å². The van der Waals surface area contributed by atoms with Gasteiger partial charge in [0.15, 0.2) is 0 Å². The van der Waals surface area contributed by atoms with E-state index in [1.165, 1.54) is 7.11 Å². The Labute approximate surface area is 92.2 Å². The van der Waals surface area contributed by atoms with Crippen molar-refractivity contribution in [2.75, 3.05) is 7.11 Å². The second-order valence-corrected chi connectivity index (χ2v) is 3.65. The molecule has 0 fully saturated rings. The first-order valence-corrected chi connectivity index (χ1v) is 4.80. The van der Waals surface area contributed by atoms with Gasteiger partial charge in [0.1, 0.15) is 5.75 Å². The number of ether oxygens (including phenoxy) is 1. The number of rotatable bonds is 3. The monoisotopic (exact) mass is 233 g/mol. The molecule has 0 spiro atoms. The van der Waals surface area contributed by atoms with Gasteiger partial charge in [-0.1, -0.05) is 12.1 Å². The molecule has 2 N–H and O–H groups in total. The summed E-state index contributed by atoms with van der Waals surface area (Å²) < 4.78 is 41.5. The van der Waals surface area contributed by atoms with Gasteiger partial charge < -0.3 is 10.5 Å². The Hall–Kier alpha value is -1.23. The number of aryl methyl sites for hydroxylation is 1. The molecule has 16 heavy (non-hydrogen) atoms. The van der Waals surface area contributed by atoms with Gasteiger partial charge in [0.2, 0.25) is 0 Å². The minimum Gasteiger partial charge on any atom is -0.496 e. The molecule has 2 nitrogen and oxygen atoms in total. The fourth-order valence-corrected chi connectivity index (χ4v) is 1.43. The third kappa shape index (κ3) is 3.41. The molecule has 1 aromatic carbocycles. The smallest absolute Gasteiger partial charge is 0.390 e. The molecule has 0 aliphatic heterocycles. The molecule has 0 amide bonds. The predicted octanol–water partition coefficient (Wildman–Crippen LogP) is 2.96. The molecule has 0 aliphatic carbocycles. The van der Waals surface area contributed by atoms with E-state index >= 15 is 0 Å². The van der Waals surface area contributed by atoms with Gasteiger partial charge in [-0.2, -0.15) is 13.2 Å². The van der Waals surface area contributed by atoms with Crippen LogP contribution >= 0.6 is 0 Å². The lowest BCUT2D eigenvalue weighted by molar-refractivity contribution is -0.138. The first-order valence-electron chi connectivity index (χ1n) is 4.80. The minimum absolute atomic E-state index is 0.430. The van der Waals surface area contributed by atoms with Crippen LogP contribution in [0, 0.1) is 6.92 Å². The van der Waals surface area contributed by atoms with Crippen LogP contribution in [0.1, 0.15) is 23.6 Å². The van der Waals surface area contributed by atoms with Crippen LogP contribution in [0.25, 0.3) is 0 Å². The zero-order valence-electron chi connectivity index (χ0n) is 9.14. The highest BCUT2D eigenvalue weighted by Gasteiger charge is 2.31. The Morgan fingerprint density at radius 2 is 2.00 bits per heavy atom. The van der Waals surface area contributed by atoms with Crippen molar-refractivity contribution < 1.29 is 17.9 Å². The van der Waals surface area contributed by atoms with Crippen LogP contribution in [-0.4, -0.2) is 13.3 Å². The van der Waals surface area contributed by atoms with Crippen molar-refractivity contribution in [3.8, 4) is 5.75 Å². The molecule has 5 heteroatoms. The van der Waals surface area contributed by atoms with Gasteiger partial charge in [-0.3, -0.25) is 0 Å². The van der Waals surface area contributed by atoms with Gasteiger partial charge in [-0.05, 0) is 24.1 Å². The maximum absolute atomic E-state index is 12.1. The number of benzene rings is 1. The van der Waals surface area contributed by atoms with Crippen LogP contribution < -0.4 is 10.5 Å². The Balaban J connectivity index is 2.88. The second kappa shape index (κ2) is 4.74. The fraction of sp³-hybridized carbons (Fsp3) is 0.455. The second-order valence-electron chi connectivity index (χ2n) is 3.65. The summed E-state index contributed by atoms with van der Waals surface area (Å²) in [7, 11) is 1.47. The number of hydrogen-bond donors (Lipinski definition) is 1. The molecule has 0 aromatic heterocycles. The van der Waals surface area contributed by atoms with E-state index < -0.39 is 18.6 Å². The third-order valence-electron chi connectivity index (χ3n) is 2.31. The van der Waals surface area contributed by atoms with E-state index in [-0.39, 0.29) is 0 Å². The lowest BCUT2D eigenvalue weighted by Gasteiger charge is -2.16. The summed E-state index contributed by atoms with van der Waals surface area (Å²) in [6.07, 6.45) is -5.28. The normalized spacial score (nSPS) is 13.6. The van der Waals surface area contributed by atoms with E-state index in [0.29, 0.717) is 11.3 Å². The van der Waals surface area contributed by atoms with Crippen LogP contribution in [0.15, 0.2) is 18.2 Å². The highest BCUT2D eigenvalue weighted by Crippen LogP contribution is 2.30. The average molecular weight is 233 g/mol. The lowest BCUT2D eigenvalue weighted by atomic mass is 10.0. The molecule has 1 aromatic rings. The quantitative estimate of drug-likeness (QED) is 0.871. The number of halogens is 3. The highest BCUT2D eigenvalue weighted by molar-refractivity contribution is 5.37. The molecule has 90 valence electrons. The Bertz CT molecular complexity index is 363. The molecular weight excluding hydrogens is 219 g/mol. The molecule has 0 heterocycles. The van der Waals surface area contributed by atoms with Crippen molar-refractivity contribution in [1.29, 1.82) is 0 Å². The summed E-state index contributed by atoms with van der Waals surface area (Å²) in [4.78, 5) is 0. The van der Waals surface area contributed by atoms with Crippen molar-refractivity contribution in [2.45, 2.75) is 25.6 Å². The molecule has 0 saturated carbocycles. The molecule has 1 atom stereocenters. The van der Waals surface area contributed by atoms with Gasteiger partial charge in [-0.25, -0.2) is 0 Å². The summed E-state index contributed by atoms with van der Waals surface area (Å²) in [5.74, 6) is 0.551. The van der Waals surface area contributed by atoms with Crippen molar-refractivity contribution in [3.63, 3.8) is 0 Å². The first-order chi connectivity index (χ1) is 7.33. The van der Waals surface area contributed by atoms with Gasteiger partial charge in [0.05, 0.1) is 13.5 Å². The summed E-state index contributed by atoms with van der Waals surface area (Å²) in [5.41, 5.74) is 6.78. The standard InChI is InChI=1S/C11H14F3NO/c1-7-3-4-8(5-10(7)16-2)9(15)6-11(12,13)14/h3-5,9H,6,15H2,1-2H3/t9-/m1/s1. The molecule has 0 unspecified atom stereocenters. The molecule has 0 saturated heterocycles. The van der Waals surface area contributed by atoms with Gasteiger partial charge in [0.25, 0.3) is 0 Å². The lowest BCUT2D eigenvalue weighted by Crippen LogP contribution is -2.20. The van der Waals surface area contributed by atoms with E-state index in [1.54, 1.807) is 18.2 Å². The van der Waals surface area contributed by atoms with Crippen LogP contribution in [-0.2, 0) is 0 Å². The molecule has 0 bridgehead atoms. The summed E-state index contributed by atoms with van der Waals surface area (Å²) >= 11 is 0. The highest BCUT2D eigenvalue weighted by atomic mass is 19.4. The Morgan fingerprint density at radius 1 is 1.38 bits per heavy atom. The maximum atomic E-state index is 12.1. The summed E-state index contributed by atoms with van der Waals surface area (Å²) in [6.45, 7) is 1.82. The van der Waals surface area contributed by atoms with Gasteiger partial charge in [-0.15, -0.1) is 0 Å². The molecule has 0 aliphatic rings. The maximum Gasteiger partial charge on any atom is 0.390 e. The Kier molecular flexibility index (Phi) is 3.80. The molecular formula is C11H14F3NO. The predicted molar refractivity (Wildman–Crippen MR) is 55.3 cm³/mol. The van der Waals surface area contributed by atoms with E-state index in [1.807, 2.05) is 6.92 Å². The van der Waals surface area contributed by atoms with Crippen LogP contribution in [0.2, 0.25) is 0 Å². The zero-order chi connectivity index (χ0) is 12.3. The molecule has 0 radical (unpaired) electrons. The first kappa shape index (κ1) is 12.8. The zero-order valence-corrected chi connectivity index (χ0v) is 9.14. The topological polar surface area (TPSA) is 35.2 Å². The van der Waals surface area contributed by atoms with Gasteiger partial charge >= 0.3 is 6.18 Å². The van der Waals surface area contributed by atoms with Crippen LogP contribution in [0.5, 0.6) is 5.75 Å². The summed E-state index contributed by atoms with van der Waals surface area (Å²) in [6, 6.07) is 3.79. The number of alkyl halides is 3. The van der Waals surface area contributed by atoms with E-state index in [9.17, 15) is 13.2 Å². The van der Waals surface area contributed by atoms with Crippen molar-refractivity contribution in [3.05, 3.63) is 29.3 Å². The summed E-state index contributed by atoms with van der Waals surface area (Å²) in [5, 5.41) is 0. The van der Waals surface area contributed by atoms with Gasteiger partial charge in [0, 0.05) is 6.04 Å². The van der Waals surface area contributed by atoms with Crippen molar-refractivity contribution in [1.82, 2.24) is 0 Å². The van der Waals surface area contributed by atoms with Crippen molar-refractivity contribution in [2.24, 2.45) is 5.73 Å². The average Bonchev–Trinajstić information content (AvgIpc) is 2.15. The Morgan fingerprint density at radius 3 is 2.50 bits per heavy atom. The third-order valence-corrected chi connectivity index (χ3v) is 2.31. The van der Waals surface area contributed by atoms with E-state index in [4.69, 9.17) is 10.5 Å². The number of hydrogen-bond acceptors (Lipinski definition) is 2. The van der Waals surface area contributed by atoms with Crippen molar-refractivity contribution >= 4 is 0 Å². The largest absolute Gasteiger partial charge is 0.496 e.